The predicted octanol–water partition coefficient (Wildman–Crippen LogP) is 2.67. The Morgan fingerprint density at radius 1 is 1.47 bits per heavy atom. The first-order chi connectivity index (χ1) is 7.84. The van der Waals surface area contributed by atoms with E-state index in [9.17, 15) is 0 Å². The van der Waals surface area contributed by atoms with Crippen molar-refractivity contribution in [1.29, 1.82) is 5.26 Å². The van der Waals surface area contributed by atoms with Crippen LogP contribution < -0.4 is 5.32 Å². The molecule has 1 heterocycles. The van der Waals surface area contributed by atoms with E-state index >= 15 is 0 Å². The lowest BCUT2D eigenvalue weighted by molar-refractivity contribution is 0.252. The van der Waals surface area contributed by atoms with Crippen molar-refractivity contribution in [2.24, 2.45) is 18.4 Å². The molecule has 1 atom stereocenters. The number of nitriles is 1. The molecule has 1 unspecified atom stereocenters. The maximum absolute atomic E-state index is 8.86. The summed E-state index contributed by atoms with van der Waals surface area (Å²) < 4.78 is 1.87. The molecule has 94 valence electrons. The molecule has 0 aromatic carbocycles. The highest BCUT2D eigenvalue weighted by atomic mass is 14.9. The van der Waals surface area contributed by atoms with Gasteiger partial charge in [-0.05, 0) is 29.5 Å². The van der Waals surface area contributed by atoms with Gasteiger partial charge in [0.25, 0.3) is 0 Å². The van der Waals surface area contributed by atoms with Crippen molar-refractivity contribution in [2.75, 3.05) is 6.54 Å². The maximum atomic E-state index is 8.86. The Labute approximate surface area is 104 Å². The van der Waals surface area contributed by atoms with E-state index in [1.807, 2.05) is 23.9 Å². The van der Waals surface area contributed by atoms with Gasteiger partial charge in [0.2, 0.25) is 0 Å². The second-order valence-electron chi connectivity index (χ2n) is 5.85. The van der Waals surface area contributed by atoms with Crippen LogP contribution in [-0.2, 0) is 13.6 Å². The molecule has 17 heavy (non-hydrogen) atoms. The van der Waals surface area contributed by atoms with E-state index < -0.39 is 0 Å². The summed E-state index contributed by atoms with van der Waals surface area (Å²) >= 11 is 0. The Morgan fingerprint density at radius 3 is 2.59 bits per heavy atom. The molecule has 0 bridgehead atoms. The number of hydrogen-bond donors (Lipinski definition) is 1. The Bertz CT molecular complexity index is 404. The third-order valence-electron chi connectivity index (χ3n) is 3.43. The lowest BCUT2D eigenvalue weighted by atomic mass is 9.82. The molecule has 1 aromatic heterocycles. The molecule has 0 aliphatic heterocycles. The van der Waals surface area contributed by atoms with E-state index in [0.717, 1.165) is 13.1 Å². The number of nitrogens with zero attached hydrogens (tertiary/aromatic N) is 2. The molecule has 0 saturated carbocycles. The minimum absolute atomic E-state index is 0.335. The van der Waals surface area contributed by atoms with Crippen LogP contribution in [-0.4, -0.2) is 11.1 Å². The van der Waals surface area contributed by atoms with Gasteiger partial charge in [0.05, 0.1) is 0 Å². The minimum atomic E-state index is 0.335. The summed E-state index contributed by atoms with van der Waals surface area (Å²) in [6.07, 6.45) is 2.01. The van der Waals surface area contributed by atoms with Gasteiger partial charge >= 0.3 is 0 Å². The number of nitrogens with one attached hydrogen (secondary N) is 1. The van der Waals surface area contributed by atoms with Crippen molar-refractivity contribution < 1.29 is 0 Å². The monoisotopic (exact) mass is 233 g/mol. The van der Waals surface area contributed by atoms with Crippen molar-refractivity contribution in [1.82, 2.24) is 9.88 Å². The van der Waals surface area contributed by atoms with Crippen LogP contribution in [0, 0.1) is 22.7 Å². The molecule has 3 heteroatoms. The molecular weight excluding hydrogens is 210 g/mol. The smallest absolute Gasteiger partial charge is 0.120 e. The van der Waals surface area contributed by atoms with Crippen LogP contribution in [0.25, 0.3) is 0 Å². The summed E-state index contributed by atoms with van der Waals surface area (Å²) in [4.78, 5) is 0. The Hall–Kier alpha value is -1.27. The zero-order chi connectivity index (χ0) is 13.1. The van der Waals surface area contributed by atoms with Crippen LogP contribution in [0.4, 0.5) is 0 Å². The third kappa shape index (κ3) is 3.90. The van der Waals surface area contributed by atoms with Crippen LogP contribution in [0.5, 0.6) is 0 Å². The van der Waals surface area contributed by atoms with Crippen LogP contribution >= 0.6 is 0 Å². The van der Waals surface area contributed by atoms with Crippen molar-refractivity contribution in [3.05, 3.63) is 23.5 Å². The number of aromatic nitrogens is 1. The first kappa shape index (κ1) is 13.8. The molecule has 1 rings (SSSR count). The van der Waals surface area contributed by atoms with E-state index in [2.05, 4.69) is 39.1 Å². The fraction of sp³-hybridized carbons (Fsp3) is 0.643. The van der Waals surface area contributed by atoms with E-state index in [1.165, 1.54) is 5.56 Å². The predicted molar refractivity (Wildman–Crippen MR) is 70.5 cm³/mol. The molecule has 0 fully saturated rings. The number of rotatable bonds is 4. The molecule has 0 amide bonds. The molecule has 1 N–H and O–H groups in total. The Morgan fingerprint density at radius 2 is 2.12 bits per heavy atom. The van der Waals surface area contributed by atoms with Gasteiger partial charge in [-0.15, -0.1) is 0 Å². The second-order valence-corrected chi connectivity index (χ2v) is 5.85. The minimum Gasteiger partial charge on any atom is -0.342 e. The number of hydrogen-bond acceptors (Lipinski definition) is 2. The molecule has 0 aliphatic rings. The summed E-state index contributed by atoms with van der Waals surface area (Å²) in [6, 6.07) is 4.11. The highest BCUT2D eigenvalue weighted by Crippen LogP contribution is 2.24. The summed E-state index contributed by atoms with van der Waals surface area (Å²) in [7, 11) is 1.90. The topological polar surface area (TPSA) is 40.8 Å². The molecule has 1 aromatic rings. The first-order valence-corrected chi connectivity index (χ1v) is 6.10. The average molecular weight is 233 g/mol. The Kier molecular flexibility index (Phi) is 4.36. The van der Waals surface area contributed by atoms with Gasteiger partial charge in [0.15, 0.2) is 0 Å². The van der Waals surface area contributed by atoms with Crippen molar-refractivity contribution in [3.63, 3.8) is 0 Å². The van der Waals surface area contributed by atoms with Crippen molar-refractivity contribution >= 4 is 0 Å². The number of aryl methyl sites for hydroxylation is 1. The highest BCUT2D eigenvalue weighted by molar-refractivity contribution is 5.28. The molecule has 0 saturated heterocycles. The SMILES string of the molecule is CC(CNCc1cc(C#N)n(C)c1)C(C)(C)C. The summed E-state index contributed by atoms with van der Waals surface area (Å²) in [5, 5.41) is 12.3. The normalized spacial score (nSPS) is 13.4. The van der Waals surface area contributed by atoms with Crippen LogP contribution in [0.2, 0.25) is 0 Å². The van der Waals surface area contributed by atoms with Gasteiger partial charge in [0, 0.05) is 19.8 Å². The van der Waals surface area contributed by atoms with Gasteiger partial charge in [-0.1, -0.05) is 27.7 Å². The van der Waals surface area contributed by atoms with Gasteiger partial charge < -0.3 is 9.88 Å². The maximum Gasteiger partial charge on any atom is 0.120 e. The molecule has 0 radical (unpaired) electrons. The van der Waals surface area contributed by atoms with Gasteiger partial charge in [0.1, 0.15) is 11.8 Å². The van der Waals surface area contributed by atoms with Gasteiger partial charge in [-0.3, -0.25) is 0 Å². The summed E-state index contributed by atoms with van der Waals surface area (Å²) in [6.45, 7) is 10.9. The lowest BCUT2D eigenvalue weighted by Gasteiger charge is -2.27. The van der Waals surface area contributed by atoms with E-state index in [0.29, 0.717) is 17.0 Å². The van der Waals surface area contributed by atoms with Gasteiger partial charge in [-0.2, -0.15) is 5.26 Å². The van der Waals surface area contributed by atoms with Crippen LogP contribution in [0.3, 0.4) is 0 Å². The zero-order valence-corrected chi connectivity index (χ0v) is 11.5. The summed E-state index contributed by atoms with van der Waals surface area (Å²) in [5.74, 6) is 0.627. The fourth-order valence-corrected chi connectivity index (χ4v) is 1.58. The summed E-state index contributed by atoms with van der Waals surface area (Å²) in [5.41, 5.74) is 2.22. The quantitative estimate of drug-likeness (QED) is 0.868. The standard InChI is InChI=1S/C14H23N3/c1-11(14(2,3)4)8-16-9-12-6-13(7-15)17(5)10-12/h6,10-11,16H,8-9H2,1-5H3. The Balaban J connectivity index is 2.44. The molecule has 0 aliphatic carbocycles. The molecule has 0 spiro atoms. The van der Waals surface area contributed by atoms with Crippen LogP contribution in [0.15, 0.2) is 12.3 Å². The van der Waals surface area contributed by atoms with E-state index in [4.69, 9.17) is 5.26 Å². The van der Waals surface area contributed by atoms with Crippen molar-refractivity contribution in [3.8, 4) is 6.07 Å². The lowest BCUT2D eigenvalue weighted by Crippen LogP contribution is -2.29. The van der Waals surface area contributed by atoms with Crippen molar-refractivity contribution in [2.45, 2.75) is 34.2 Å². The average Bonchev–Trinajstić information content (AvgIpc) is 2.57. The van der Waals surface area contributed by atoms with E-state index in [1.54, 1.807) is 0 Å². The first-order valence-electron chi connectivity index (χ1n) is 6.10. The molecule has 3 nitrogen and oxygen atoms in total. The largest absolute Gasteiger partial charge is 0.342 e. The zero-order valence-electron chi connectivity index (χ0n) is 11.5. The fourth-order valence-electron chi connectivity index (χ4n) is 1.58. The third-order valence-corrected chi connectivity index (χ3v) is 3.43. The highest BCUT2D eigenvalue weighted by Gasteiger charge is 2.19. The second kappa shape index (κ2) is 5.37. The molecular formula is C14H23N3. The van der Waals surface area contributed by atoms with E-state index in [-0.39, 0.29) is 0 Å². The van der Waals surface area contributed by atoms with Crippen LogP contribution in [0.1, 0.15) is 39.0 Å². The van der Waals surface area contributed by atoms with Gasteiger partial charge in [-0.25, -0.2) is 0 Å².